The second-order valence-corrected chi connectivity index (χ2v) is 6.75. The van der Waals surface area contributed by atoms with Crippen LogP contribution in [0.25, 0.3) is 5.57 Å². The van der Waals surface area contributed by atoms with E-state index in [0.717, 1.165) is 0 Å². The first kappa shape index (κ1) is 12.1. The lowest BCUT2D eigenvalue weighted by molar-refractivity contribution is -0.130. The SMILES string of the molecule is [2H]C1([2H])CC(c2ccc(Cl)cc2)CC([2H])([2H])C1([2H])C1=C(C(=O)O)c2ccccc2C1=O. The third-order valence-electron chi connectivity index (χ3n) is 4.77. The Morgan fingerprint density at radius 3 is 2.31 bits per heavy atom. The highest BCUT2D eigenvalue weighted by Crippen LogP contribution is 2.45. The average molecular weight is 372 g/mol. The fourth-order valence-corrected chi connectivity index (χ4v) is 3.60. The molecule has 2 aliphatic carbocycles. The highest BCUT2D eigenvalue weighted by molar-refractivity contribution is 6.33. The van der Waals surface area contributed by atoms with Crippen molar-refractivity contribution in [2.75, 3.05) is 0 Å². The van der Waals surface area contributed by atoms with Crippen LogP contribution in [0.2, 0.25) is 5.02 Å². The van der Waals surface area contributed by atoms with Gasteiger partial charge in [-0.3, -0.25) is 4.79 Å². The molecule has 2 aromatic carbocycles. The zero-order valence-electron chi connectivity index (χ0n) is 18.8. The first-order valence-electron chi connectivity index (χ1n) is 10.8. The number of benzene rings is 2. The molecule has 0 saturated heterocycles. The van der Waals surface area contributed by atoms with Crippen molar-refractivity contribution in [1.82, 2.24) is 0 Å². The Morgan fingerprint density at radius 2 is 1.69 bits per heavy atom. The van der Waals surface area contributed by atoms with Gasteiger partial charge in [0, 0.05) is 28.6 Å². The van der Waals surface area contributed by atoms with Gasteiger partial charge in [0.05, 0.1) is 5.57 Å². The maximum absolute atomic E-state index is 13.2. The van der Waals surface area contributed by atoms with Gasteiger partial charge in [-0.15, -0.1) is 0 Å². The van der Waals surface area contributed by atoms with Gasteiger partial charge in [-0.25, -0.2) is 4.79 Å². The standard InChI is InChI=1S/C22H19ClO3/c23-16-11-9-14(10-12-16)13-5-7-15(8-6-13)19-20(22(25)26)17-3-1-2-4-18(17)21(19)24/h1-4,9-13,15H,5-8H2,(H,25,26)/i7D2,8D2,15D. The number of allylic oxidation sites excluding steroid dienone is 1. The number of carboxylic acid groups (broad SMARTS) is 1. The molecule has 0 bridgehead atoms. The summed E-state index contributed by atoms with van der Waals surface area (Å²) in [7, 11) is 0. The van der Waals surface area contributed by atoms with Crippen molar-refractivity contribution in [2.45, 2.75) is 31.5 Å². The quantitative estimate of drug-likeness (QED) is 0.791. The number of halogens is 1. The van der Waals surface area contributed by atoms with Gasteiger partial charge in [0.15, 0.2) is 5.78 Å². The Bertz CT molecular complexity index is 1110. The molecule has 0 radical (unpaired) electrons. The fraction of sp³-hybridized carbons (Fsp3) is 0.273. The number of ketones is 1. The lowest BCUT2D eigenvalue weighted by Gasteiger charge is -2.29. The molecule has 1 saturated carbocycles. The minimum Gasteiger partial charge on any atom is -0.478 e. The highest BCUT2D eigenvalue weighted by Gasteiger charge is 2.38. The number of carbonyl (C=O) groups excluding carboxylic acids is 1. The summed E-state index contributed by atoms with van der Waals surface area (Å²) in [5.41, 5.74) is -0.298. The van der Waals surface area contributed by atoms with Gasteiger partial charge in [0.2, 0.25) is 0 Å². The van der Waals surface area contributed by atoms with E-state index in [1.165, 1.54) is 12.1 Å². The molecule has 3 nitrogen and oxygen atoms in total. The van der Waals surface area contributed by atoms with Gasteiger partial charge < -0.3 is 5.11 Å². The van der Waals surface area contributed by atoms with Crippen LogP contribution < -0.4 is 0 Å². The molecule has 26 heavy (non-hydrogen) atoms. The van der Waals surface area contributed by atoms with E-state index in [-0.39, 0.29) is 24.0 Å². The predicted molar refractivity (Wildman–Crippen MR) is 101 cm³/mol. The number of rotatable bonds is 3. The third-order valence-corrected chi connectivity index (χ3v) is 5.03. The molecule has 4 rings (SSSR count). The first-order valence-corrected chi connectivity index (χ1v) is 8.66. The van der Waals surface area contributed by atoms with Crippen LogP contribution in [0, 0.1) is 5.89 Å². The maximum Gasteiger partial charge on any atom is 0.336 e. The van der Waals surface area contributed by atoms with E-state index in [1.54, 1.807) is 36.4 Å². The largest absolute Gasteiger partial charge is 0.478 e. The second kappa shape index (κ2) is 6.73. The summed E-state index contributed by atoms with van der Waals surface area (Å²) < 4.78 is 43.8. The molecular formula is C22H19ClO3. The van der Waals surface area contributed by atoms with Crippen molar-refractivity contribution < 1.29 is 21.5 Å². The van der Waals surface area contributed by atoms with Crippen LogP contribution in [0.5, 0.6) is 0 Å². The molecule has 2 aromatic rings. The Kier molecular flexibility index (Phi) is 3.13. The molecule has 0 amide bonds. The lowest BCUT2D eigenvalue weighted by Crippen LogP contribution is -2.19. The molecule has 2 aliphatic rings. The van der Waals surface area contributed by atoms with Crippen molar-refractivity contribution in [2.24, 2.45) is 5.89 Å². The van der Waals surface area contributed by atoms with Crippen LogP contribution in [0.4, 0.5) is 0 Å². The van der Waals surface area contributed by atoms with Crippen LogP contribution in [0.15, 0.2) is 54.1 Å². The second-order valence-electron chi connectivity index (χ2n) is 6.32. The van der Waals surface area contributed by atoms with E-state index in [1.807, 2.05) is 0 Å². The number of aliphatic carboxylic acids is 1. The minimum atomic E-state index is -2.70. The van der Waals surface area contributed by atoms with Gasteiger partial charge in [0.1, 0.15) is 0 Å². The number of Topliss-reactive ketones (excluding diaryl/α,β-unsaturated/α-hetero) is 1. The van der Waals surface area contributed by atoms with Gasteiger partial charge in [-0.1, -0.05) is 48.0 Å². The summed E-state index contributed by atoms with van der Waals surface area (Å²) in [6.45, 7) is 0. The molecule has 0 atom stereocenters. The van der Waals surface area contributed by atoms with E-state index in [2.05, 4.69) is 0 Å². The molecule has 0 heterocycles. The normalized spacial score (nSPS) is 32.0. The van der Waals surface area contributed by atoms with E-state index < -0.39 is 47.5 Å². The van der Waals surface area contributed by atoms with Crippen molar-refractivity contribution >= 4 is 28.9 Å². The van der Waals surface area contributed by atoms with Gasteiger partial charge in [-0.05, 0) is 55.1 Å². The summed E-state index contributed by atoms with van der Waals surface area (Å²) >= 11 is 5.92. The van der Waals surface area contributed by atoms with Crippen LogP contribution in [-0.2, 0) is 4.79 Å². The molecule has 1 fully saturated rings. The summed E-state index contributed by atoms with van der Waals surface area (Å²) in [6.07, 6.45) is -5.52. The molecule has 0 aliphatic heterocycles. The van der Waals surface area contributed by atoms with Crippen LogP contribution >= 0.6 is 11.6 Å². The first-order chi connectivity index (χ1) is 14.4. The number of fused-ring (bicyclic) bond motifs is 1. The van der Waals surface area contributed by atoms with Gasteiger partial charge >= 0.3 is 5.97 Å². The highest BCUT2D eigenvalue weighted by atomic mass is 35.5. The van der Waals surface area contributed by atoms with Crippen LogP contribution in [0.3, 0.4) is 0 Å². The number of carbonyl (C=O) groups is 2. The van der Waals surface area contributed by atoms with Crippen LogP contribution in [0.1, 0.15) is 59.8 Å². The monoisotopic (exact) mass is 371 g/mol. The minimum absolute atomic E-state index is 0.0490. The average Bonchev–Trinajstić information content (AvgIpc) is 2.99. The van der Waals surface area contributed by atoms with Crippen molar-refractivity contribution in [3.63, 3.8) is 0 Å². The van der Waals surface area contributed by atoms with Crippen molar-refractivity contribution in [3.8, 4) is 0 Å². The smallest absolute Gasteiger partial charge is 0.336 e. The molecule has 0 aromatic heterocycles. The summed E-state index contributed by atoms with van der Waals surface area (Å²) in [5.74, 6) is -5.55. The Hall–Kier alpha value is -2.39. The van der Waals surface area contributed by atoms with E-state index in [0.29, 0.717) is 10.6 Å². The molecule has 0 spiro atoms. The predicted octanol–water partition coefficient (Wildman–Crippen LogP) is 5.35. The molecule has 1 N–H and O–H groups in total. The molecule has 0 unspecified atom stereocenters. The Morgan fingerprint density at radius 1 is 1.08 bits per heavy atom. The summed E-state index contributed by atoms with van der Waals surface area (Å²) in [6, 6.07) is 12.6. The molecular weight excluding hydrogens is 348 g/mol. The van der Waals surface area contributed by atoms with E-state index in [9.17, 15) is 14.7 Å². The zero-order valence-corrected chi connectivity index (χ0v) is 14.5. The summed E-state index contributed by atoms with van der Waals surface area (Å²) in [5, 5.41) is 10.3. The van der Waals surface area contributed by atoms with Crippen LogP contribution in [-0.4, -0.2) is 16.9 Å². The Balaban J connectivity index is 1.88. The van der Waals surface area contributed by atoms with Gasteiger partial charge in [-0.2, -0.15) is 0 Å². The van der Waals surface area contributed by atoms with Crippen molar-refractivity contribution in [1.29, 1.82) is 0 Å². The van der Waals surface area contributed by atoms with E-state index >= 15 is 0 Å². The molecule has 132 valence electrons. The fourth-order valence-electron chi connectivity index (χ4n) is 3.48. The zero-order chi connectivity index (χ0) is 22.8. The topological polar surface area (TPSA) is 54.4 Å². The summed E-state index contributed by atoms with van der Waals surface area (Å²) in [4.78, 5) is 25.3. The number of hydrogen-bond acceptors (Lipinski definition) is 2. The number of carboxylic acids is 1. The van der Waals surface area contributed by atoms with Crippen molar-refractivity contribution in [3.05, 3.63) is 75.8 Å². The number of hydrogen-bond donors (Lipinski definition) is 1. The lowest BCUT2D eigenvalue weighted by atomic mass is 9.74. The van der Waals surface area contributed by atoms with E-state index in [4.69, 9.17) is 18.5 Å². The molecule has 4 heteroatoms. The Labute approximate surface area is 164 Å². The van der Waals surface area contributed by atoms with Gasteiger partial charge in [0.25, 0.3) is 0 Å². The third kappa shape index (κ3) is 2.86. The maximum atomic E-state index is 13.2.